The smallest absolute Gasteiger partial charge is 0.407 e. The van der Waals surface area contributed by atoms with Crippen LogP contribution in [0.5, 0.6) is 0 Å². The van der Waals surface area contributed by atoms with Crippen LogP contribution in [0.15, 0.2) is 24.3 Å². The van der Waals surface area contributed by atoms with Crippen LogP contribution in [0.25, 0.3) is 0 Å². The van der Waals surface area contributed by atoms with Crippen LogP contribution in [0.3, 0.4) is 0 Å². The van der Waals surface area contributed by atoms with Gasteiger partial charge in [0.2, 0.25) is 0 Å². The van der Waals surface area contributed by atoms with Crippen LogP contribution in [0.1, 0.15) is 30.1 Å². The third-order valence-electron chi connectivity index (χ3n) is 2.27. The average molecular weight is 270 g/mol. The molecule has 0 saturated carbocycles. The maximum atomic E-state index is 11.7. The minimum absolute atomic E-state index is 0.0920. The Balaban J connectivity index is 2.35. The van der Waals surface area contributed by atoms with Gasteiger partial charge in [-0.2, -0.15) is 0 Å². The van der Waals surface area contributed by atoms with Gasteiger partial charge in [0.05, 0.1) is 13.2 Å². The fourth-order valence-electron chi connectivity index (χ4n) is 1.28. The molecule has 0 spiro atoms. The number of unbranched alkanes of at least 4 members (excludes halogenated alkanes) is 1. The van der Waals surface area contributed by atoms with Crippen LogP contribution in [0, 0.1) is 0 Å². The van der Waals surface area contributed by atoms with Crippen LogP contribution >= 0.6 is 11.6 Å². The lowest BCUT2D eigenvalue weighted by atomic mass is 10.1. The van der Waals surface area contributed by atoms with E-state index in [1.165, 1.54) is 0 Å². The summed E-state index contributed by atoms with van der Waals surface area (Å²) in [6, 6.07) is 6.59. The number of hydrogen-bond donors (Lipinski definition) is 1. The molecule has 0 bridgehead atoms. The van der Waals surface area contributed by atoms with Gasteiger partial charge in [0.15, 0.2) is 5.78 Å². The molecular weight excluding hydrogens is 254 g/mol. The highest BCUT2D eigenvalue weighted by Crippen LogP contribution is 2.10. The molecule has 0 aliphatic heterocycles. The van der Waals surface area contributed by atoms with Gasteiger partial charge in [0.25, 0.3) is 0 Å². The second kappa shape index (κ2) is 7.71. The standard InChI is InChI=1S/C13H16ClNO3/c1-2-3-7-18-13(17)15-9-12(16)10-5-4-6-11(14)8-10/h4-6,8H,2-3,7,9H2,1H3,(H,15,17). The Morgan fingerprint density at radius 2 is 2.17 bits per heavy atom. The highest BCUT2D eigenvalue weighted by atomic mass is 35.5. The molecule has 98 valence electrons. The summed E-state index contributed by atoms with van der Waals surface area (Å²) in [5, 5.41) is 2.90. The highest BCUT2D eigenvalue weighted by molar-refractivity contribution is 6.31. The van der Waals surface area contributed by atoms with E-state index in [0.29, 0.717) is 17.2 Å². The lowest BCUT2D eigenvalue weighted by molar-refractivity contribution is 0.0976. The molecular formula is C13H16ClNO3. The molecule has 1 N–H and O–H groups in total. The van der Waals surface area contributed by atoms with Crippen molar-refractivity contribution in [3.8, 4) is 0 Å². The lowest BCUT2D eigenvalue weighted by Gasteiger charge is -2.06. The quantitative estimate of drug-likeness (QED) is 0.638. The number of alkyl carbamates (subject to hydrolysis) is 1. The monoisotopic (exact) mass is 269 g/mol. The Kier molecular flexibility index (Phi) is 6.22. The van der Waals surface area contributed by atoms with Gasteiger partial charge in [-0.05, 0) is 18.6 Å². The summed E-state index contributed by atoms with van der Waals surface area (Å²) in [5.41, 5.74) is 0.469. The first-order valence-corrected chi connectivity index (χ1v) is 6.20. The molecule has 5 heteroatoms. The Morgan fingerprint density at radius 1 is 1.39 bits per heavy atom. The molecule has 0 unspecified atom stereocenters. The first kappa shape index (κ1) is 14.5. The lowest BCUT2D eigenvalue weighted by Crippen LogP contribution is -2.30. The molecule has 0 aliphatic carbocycles. The van der Waals surface area contributed by atoms with Crippen LogP contribution in [-0.2, 0) is 4.74 Å². The number of rotatable bonds is 6. The Bertz CT molecular complexity index is 420. The predicted octanol–water partition coefficient (Wildman–Crippen LogP) is 3.05. The number of ether oxygens (including phenoxy) is 1. The summed E-state index contributed by atoms with van der Waals surface area (Å²) < 4.78 is 4.86. The zero-order valence-corrected chi connectivity index (χ0v) is 11.0. The zero-order chi connectivity index (χ0) is 13.4. The maximum Gasteiger partial charge on any atom is 0.407 e. The molecule has 1 rings (SSSR count). The van der Waals surface area contributed by atoms with E-state index in [1.54, 1.807) is 24.3 Å². The van der Waals surface area contributed by atoms with Crippen molar-refractivity contribution in [3.05, 3.63) is 34.9 Å². The molecule has 0 radical (unpaired) electrons. The summed E-state index contributed by atoms with van der Waals surface area (Å²) in [5.74, 6) is -0.204. The van der Waals surface area contributed by atoms with Crippen LogP contribution in [-0.4, -0.2) is 25.0 Å². The fourth-order valence-corrected chi connectivity index (χ4v) is 1.47. The van der Waals surface area contributed by atoms with Gasteiger partial charge < -0.3 is 10.1 Å². The third kappa shape index (κ3) is 5.19. The summed E-state index contributed by atoms with van der Waals surface area (Å²) >= 11 is 5.77. The van der Waals surface area contributed by atoms with E-state index in [9.17, 15) is 9.59 Å². The third-order valence-corrected chi connectivity index (χ3v) is 2.51. The van der Waals surface area contributed by atoms with Gasteiger partial charge in [-0.25, -0.2) is 4.79 Å². The average Bonchev–Trinajstić information content (AvgIpc) is 2.36. The predicted molar refractivity (Wildman–Crippen MR) is 70.0 cm³/mol. The molecule has 1 aromatic carbocycles. The van der Waals surface area contributed by atoms with Gasteiger partial charge in [-0.1, -0.05) is 37.1 Å². The van der Waals surface area contributed by atoms with Crippen molar-refractivity contribution in [3.63, 3.8) is 0 Å². The van der Waals surface area contributed by atoms with Gasteiger partial charge in [0, 0.05) is 10.6 Å². The molecule has 4 nitrogen and oxygen atoms in total. The van der Waals surface area contributed by atoms with Crippen LogP contribution in [0.2, 0.25) is 5.02 Å². The summed E-state index contributed by atoms with van der Waals surface area (Å²) in [4.78, 5) is 22.9. The van der Waals surface area contributed by atoms with Crippen LogP contribution < -0.4 is 5.32 Å². The number of carbonyl (C=O) groups excluding carboxylic acids is 2. The van der Waals surface area contributed by atoms with Crippen LogP contribution in [0.4, 0.5) is 4.79 Å². The largest absolute Gasteiger partial charge is 0.450 e. The van der Waals surface area contributed by atoms with E-state index in [0.717, 1.165) is 12.8 Å². The van der Waals surface area contributed by atoms with E-state index in [4.69, 9.17) is 16.3 Å². The first-order valence-electron chi connectivity index (χ1n) is 5.83. The van der Waals surface area contributed by atoms with Gasteiger partial charge in [-0.3, -0.25) is 4.79 Å². The summed E-state index contributed by atoms with van der Waals surface area (Å²) in [7, 11) is 0. The van der Waals surface area contributed by atoms with E-state index in [1.807, 2.05) is 6.92 Å². The minimum Gasteiger partial charge on any atom is -0.450 e. The van der Waals surface area contributed by atoms with Gasteiger partial charge in [-0.15, -0.1) is 0 Å². The van der Waals surface area contributed by atoms with Gasteiger partial charge >= 0.3 is 6.09 Å². The van der Waals surface area contributed by atoms with E-state index in [-0.39, 0.29) is 12.3 Å². The summed E-state index contributed by atoms with van der Waals surface area (Å²) in [6.45, 7) is 2.28. The Morgan fingerprint density at radius 3 is 2.83 bits per heavy atom. The molecule has 1 aromatic rings. The Hall–Kier alpha value is -1.55. The number of carbonyl (C=O) groups is 2. The summed E-state index contributed by atoms with van der Waals surface area (Å²) in [6.07, 6.45) is 1.20. The van der Waals surface area contributed by atoms with E-state index >= 15 is 0 Å². The maximum absolute atomic E-state index is 11.7. The highest BCUT2D eigenvalue weighted by Gasteiger charge is 2.08. The van der Waals surface area contributed by atoms with Crippen molar-refractivity contribution < 1.29 is 14.3 Å². The fraction of sp³-hybridized carbons (Fsp3) is 0.385. The topological polar surface area (TPSA) is 55.4 Å². The number of benzene rings is 1. The molecule has 0 heterocycles. The molecule has 1 amide bonds. The molecule has 0 atom stereocenters. The molecule has 18 heavy (non-hydrogen) atoms. The SMILES string of the molecule is CCCCOC(=O)NCC(=O)c1cccc(Cl)c1. The van der Waals surface area contributed by atoms with Gasteiger partial charge in [0.1, 0.15) is 0 Å². The number of ketones is 1. The van der Waals surface area contributed by atoms with E-state index < -0.39 is 6.09 Å². The Labute approximate surface area is 111 Å². The molecule has 0 aromatic heterocycles. The van der Waals surface area contributed by atoms with Crippen molar-refractivity contribution in [1.29, 1.82) is 0 Å². The van der Waals surface area contributed by atoms with Crippen molar-refractivity contribution in [2.45, 2.75) is 19.8 Å². The van der Waals surface area contributed by atoms with Crippen molar-refractivity contribution >= 4 is 23.5 Å². The second-order valence-electron chi connectivity index (χ2n) is 3.78. The number of Topliss-reactive ketones (excluding diaryl/α,β-unsaturated/α-hetero) is 1. The van der Waals surface area contributed by atoms with Crippen molar-refractivity contribution in [2.75, 3.05) is 13.2 Å². The number of hydrogen-bond acceptors (Lipinski definition) is 3. The second-order valence-corrected chi connectivity index (χ2v) is 4.21. The number of nitrogens with one attached hydrogen (secondary N) is 1. The zero-order valence-electron chi connectivity index (χ0n) is 10.2. The normalized spacial score (nSPS) is 9.89. The molecule has 0 aliphatic rings. The van der Waals surface area contributed by atoms with Crippen molar-refractivity contribution in [1.82, 2.24) is 5.32 Å². The van der Waals surface area contributed by atoms with E-state index in [2.05, 4.69) is 5.32 Å². The molecule has 0 saturated heterocycles. The first-order chi connectivity index (χ1) is 8.63. The number of halogens is 1. The van der Waals surface area contributed by atoms with Crippen molar-refractivity contribution in [2.24, 2.45) is 0 Å². The molecule has 0 fully saturated rings. The minimum atomic E-state index is -0.571. The number of amides is 1.